The van der Waals surface area contributed by atoms with Crippen molar-refractivity contribution >= 4 is 5.91 Å². The van der Waals surface area contributed by atoms with Crippen LogP contribution in [0.5, 0.6) is 0 Å². The van der Waals surface area contributed by atoms with Crippen molar-refractivity contribution in [2.24, 2.45) is 11.8 Å². The van der Waals surface area contributed by atoms with Gasteiger partial charge < -0.3 is 4.90 Å². The average molecular weight is 297 g/mol. The highest BCUT2D eigenvalue weighted by atomic mass is 16.2. The number of hydrogen-bond donors (Lipinski definition) is 0. The molecule has 3 atom stereocenters. The fraction of sp³-hybridized carbons (Fsp3) is 0.650. The number of rotatable bonds is 3. The predicted molar refractivity (Wildman–Crippen MR) is 88.6 cm³/mol. The Balaban J connectivity index is 1.42. The lowest BCUT2D eigenvalue weighted by Crippen LogP contribution is -2.41. The van der Waals surface area contributed by atoms with E-state index in [-0.39, 0.29) is 5.92 Å². The summed E-state index contributed by atoms with van der Waals surface area (Å²) in [5.41, 5.74) is 1.36. The van der Waals surface area contributed by atoms with Gasteiger partial charge in [0.25, 0.3) is 0 Å². The van der Waals surface area contributed by atoms with Crippen LogP contribution in [0.25, 0.3) is 0 Å². The fourth-order valence-corrected chi connectivity index (χ4v) is 4.82. The molecule has 3 fully saturated rings. The molecule has 1 aromatic rings. The molecule has 0 spiro atoms. The van der Waals surface area contributed by atoms with E-state index in [1.165, 1.54) is 50.5 Å². The molecule has 0 unspecified atom stereocenters. The molecule has 3 aliphatic rings. The molecular formula is C20H27NO. The van der Waals surface area contributed by atoms with Gasteiger partial charge in [0, 0.05) is 18.5 Å². The first-order valence-corrected chi connectivity index (χ1v) is 9.20. The molecule has 0 aromatic heterocycles. The lowest BCUT2D eigenvalue weighted by Gasteiger charge is -2.34. The minimum atomic E-state index is 0.270. The monoisotopic (exact) mass is 297 g/mol. The maximum absolute atomic E-state index is 13.0. The number of benzene rings is 1. The van der Waals surface area contributed by atoms with Crippen molar-refractivity contribution in [1.29, 1.82) is 0 Å². The third kappa shape index (κ3) is 2.68. The van der Waals surface area contributed by atoms with Crippen molar-refractivity contribution in [2.45, 2.75) is 63.3 Å². The molecule has 1 saturated heterocycles. The quantitative estimate of drug-likeness (QED) is 0.811. The third-order valence-electron chi connectivity index (χ3n) is 6.11. The molecule has 4 rings (SSSR count). The van der Waals surface area contributed by atoms with Crippen molar-refractivity contribution in [2.75, 3.05) is 6.54 Å². The molecule has 22 heavy (non-hydrogen) atoms. The standard InChI is InChI=1S/C20H27NO/c22-20(18-14-17(18)15-8-3-1-4-9-15)21-13-7-12-19(21)16-10-5-2-6-11-16/h1,3-4,8-9,16-19H,2,5-7,10-14H2/t17-,18+,19-/m0/s1. The Hall–Kier alpha value is -1.31. The van der Waals surface area contributed by atoms with Gasteiger partial charge in [-0.2, -0.15) is 0 Å². The largest absolute Gasteiger partial charge is 0.339 e. The number of likely N-dealkylation sites (tertiary alicyclic amines) is 1. The Labute approximate surface area is 133 Å². The van der Waals surface area contributed by atoms with Gasteiger partial charge in [-0.3, -0.25) is 4.79 Å². The molecule has 1 heterocycles. The smallest absolute Gasteiger partial charge is 0.226 e. The van der Waals surface area contributed by atoms with Crippen molar-refractivity contribution < 1.29 is 4.79 Å². The summed E-state index contributed by atoms with van der Waals surface area (Å²) in [6.45, 7) is 1.01. The van der Waals surface area contributed by atoms with E-state index in [2.05, 4.69) is 35.2 Å². The third-order valence-corrected chi connectivity index (χ3v) is 6.11. The van der Waals surface area contributed by atoms with Crippen LogP contribution in [0.3, 0.4) is 0 Å². The van der Waals surface area contributed by atoms with E-state index >= 15 is 0 Å². The summed E-state index contributed by atoms with van der Waals surface area (Å²) in [5.74, 6) is 2.00. The van der Waals surface area contributed by atoms with Crippen molar-refractivity contribution in [1.82, 2.24) is 4.90 Å². The Bertz CT molecular complexity index is 520. The SMILES string of the molecule is O=C([C@@H]1C[C@H]1c1ccccc1)N1CCC[C@H]1C1CCCCC1. The molecule has 0 N–H and O–H groups in total. The zero-order chi connectivity index (χ0) is 14.9. The van der Waals surface area contributed by atoms with Gasteiger partial charge in [-0.05, 0) is 49.5 Å². The Morgan fingerprint density at radius 3 is 2.50 bits per heavy atom. The summed E-state index contributed by atoms with van der Waals surface area (Å²) in [7, 11) is 0. The Morgan fingerprint density at radius 2 is 1.73 bits per heavy atom. The average Bonchev–Trinajstić information content (AvgIpc) is 3.24. The van der Waals surface area contributed by atoms with Crippen LogP contribution in [0, 0.1) is 11.8 Å². The minimum Gasteiger partial charge on any atom is -0.339 e. The fourth-order valence-electron chi connectivity index (χ4n) is 4.82. The maximum Gasteiger partial charge on any atom is 0.226 e. The molecule has 1 amide bonds. The van der Waals surface area contributed by atoms with E-state index < -0.39 is 0 Å². The van der Waals surface area contributed by atoms with Gasteiger partial charge in [-0.15, -0.1) is 0 Å². The summed E-state index contributed by atoms with van der Waals surface area (Å²) in [6.07, 6.45) is 10.4. The summed E-state index contributed by atoms with van der Waals surface area (Å²) in [6, 6.07) is 11.2. The van der Waals surface area contributed by atoms with Crippen LogP contribution in [-0.4, -0.2) is 23.4 Å². The zero-order valence-corrected chi connectivity index (χ0v) is 13.4. The predicted octanol–water partition coefficient (Wildman–Crippen LogP) is 4.36. The maximum atomic E-state index is 13.0. The Morgan fingerprint density at radius 1 is 0.955 bits per heavy atom. The molecule has 118 valence electrons. The summed E-state index contributed by atoms with van der Waals surface area (Å²) < 4.78 is 0. The number of nitrogens with zero attached hydrogens (tertiary/aromatic N) is 1. The second-order valence-corrected chi connectivity index (χ2v) is 7.50. The van der Waals surface area contributed by atoms with Crippen LogP contribution in [0.2, 0.25) is 0 Å². The second-order valence-electron chi connectivity index (χ2n) is 7.50. The van der Waals surface area contributed by atoms with Gasteiger partial charge in [0.15, 0.2) is 0 Å². The molecule has 0 bridgehead atoms. The highest BCUT2D eigenvalue weighted by Crippen LogP contribution is 2.49. The summed E-state index contributed by atoms with van der Waals surface area (Å²) in [5, 5.41) is 0. The van der Waals surface area contributed by atoms with Crippen molar-refractivity contribution in [3.63, 3.8) is 0 Å². The number of amides is 1. The van der Waals surface area contributed by atoms with Gasteiger partial charge in [0.2, 0.25) is 5.91 Å². The Kier molecular flexibility index (Phi) is 3.94. The first-order chi connectivity index (χ1) is 10.8. The van der Waals surface area contributed by atoms with Crippen molar-refractivity contribution in [3.8, 4) is 0 Å². The minimum absolute atomic E-state index is 0.270. The molecular weight excluding hydrogens is 270 g/mol. The van der Waals surface area contributed by atoms with Crippen LogP contribution >= 0.6 is 0 Å². The van der Waals surface area contributed by atoms with Gasteiger partial charge in [0.05, 0.1) is 0 Å². The summed E-state index contributed by atoms with van der Waals surface area (Å²) >= 11 is 0. The number of hydrogen-bond acceptors (Lipinski definition) is 1. The molecule has 2 heteroatoms. The molecule has 0 radical (unpaired) electrons. The highest BCUT2D eigenvalue weighted by Gasteiger charge is 2.48. The first-order valence-electron chi connectivity index (χ1n) is 9.20. The van der Waals surface area contributed by atoms with E-state index in [0.29, 0.717) is 17.9 Å². The van der Waals surface area contributed by atoms with Crippen molar-refractivity contribution in [3.05, 3.63) is 35.9 Å². The van der Waals surface area contributed by atoms with E-state index in [1.807, 2.05) is 0 Å². The molecule has 1 aliphatic heterocycles. The van der Waals surface area contributed by atoms with Gasteiger partial charge >= 0.3 is 0 Å². The van der Waals surface area contributed by atoms with E-state index in [9.17, 15) is 4.79 Å². The molecule has 2 saturated carbocycles. The number of carbonyl (C=O) groups excluding carboxylic acids is 1. The van der Waals surface area contributed by atoms with E-state index in [0.717, 1.165) is 18.9 Å². The lowest BCUT2D eigenvalue weighted by molar-refractivity contribution is -0.134. The first kappa shape index (κ1) is 14.3. The highest BCUT2D eigenvalue weighted by molar-refractivity contribution is 5.83. The van der Waals surface area contributed by atoms with Gasteiger partial charge in [-0.1, -0.05) is 49.6 Å². The van der Waals surface area contributed by atoms with Crippen LogP contribution < -0.4 is 0 Å². The van der Waals surface area contributed by atoms with Crippen LogP contribution in [0.4, 0.5) is 0 Å². The molecule has 2 aliphatic carbocycles. The van der Waals surface area contributed by atoms with Crippen LogP contribution in [0.15, 0.2) is 30.3 Å². The van der Waals surface area contributed by atoms with Gasteiger partial charge in [-0.25, -0.2) is 0 Å². The van der Waals surface area contributed by atoms with E-state index in [1.54, 1.807) is 0 Å². The van der Waals surface area contributed by atoms with E-state index in [4.69, 9.17) is 0 Å². The second kappa shape index (κ2) is 6.06. The lowest BCUT2D eigenvalue weighted by atomic mass is 9.83. The number of carbonyl (C=O) groups is 1. The van der Waals surface area contributed by atoms with Gasteiger partial charge in [0.1, 0.15) is 0 Å². The summed E-state index contributed by atoms with van der Waals surface area (Å²) in [4.78, 5) is 15.3. The molecule has 1 aromatic carbocycles. The van der Waals surface area contributed by atoms with Crippen LogP contribution in [-0.2, 0) is 4.79 Å². The molecule has 2 nitrogen and oxygen atoms in total. The zero-order valence-electron chi connectivity index (χ0n) is 13.4. The normalized spacial score (nSPS) is 32.2. The van der Waals surface area contributed by atoms with Crippen LogP contribution in [0.1, 0.15) is 62.8 Å². The topological polar surface area (TPSA) is 20.3 Å².